The molecule has 0 saturated carbocycles. The molecule has 8 nitrogen and oxygen atoms in total. The number of hydrogen-bond acceptors (Lipinski definition) is 5. The molecule has 5 rings (SSSR count). The van der Waals surface area contributed by atoms with Crippen LogP contribution in [0.15, 0.2) is 65.7 Å². The molecule has 1 saturated heterocycles. The van der Waals surface area contributed by atoms with E-state index in [9.17, 15) is 14.4 Å². The maximum atomic E-state index is 13.6. The fourth-order valence-electron chi connectivity index (χ4n) is 4.71. The molecule has 1 aromatic carbocycles. The predicted molar refractivity (Wildman–Crippen MR) is 147 cm³/mol. The lowest BCUT2D eigenvalue weighted by Crippen LogP contribution is -2.56. The van der Waals surface area contributed by atoms with Gasteiger partial charge in [0.1, 0.15) is 17.8 Å². The topological polar surface area (TPSA) is 97.2 Å². The number of carbonyl (C=O) groups is 2. The van der Waals surface area contributed by atoms with Gasteiger partial charge in [-0.3, -0.25) is 23.9 Å². The summed E-state index contributed by atoms with van der Waals surface area (Å²) in [6.45, 7) is 7.37. The number of pyridine rings is 3. The van der Waals surface area contributed by atoms with Crippen LogP contribution in [0.3, 0.4) is 0 Å². The quantitative estimate of drug-likeness (QED) is 0.403. The second-order valence-electron chi connectivity index (χ2n) is 10.5. The van der Waals surface area contributed by atoms with Crippen LogP contribution in [-0.4, -0.2) is 44.3 Å². The lowest BCUT2D eigenvalue weighted by atomic mass is 9.84. The fourth-order valence-corrected chi connectivity index (χ4v) is 4.83. The highest BCUT2D eigenvalue weighted by molar-refractivity contribution is 6.30. The maximum Gasteiger partial charge on any atom is 0.265 e. The Morgan fingerprint density at radius 1 is 1.05 bits per heavy atom. The Balaban J connectivity index is 1.57. The van der Waals surface area contributed by atoms with Crippen LogP contribution in [0.25, 0.3) is 22.3 Å². The molecule has 0 atom stereocenters. The molecule has 1 N–H and O–H groups in total. The number of aromatic nitrogens is 3. The summed E-state index contributed by atoms with van der Waals surface area (Å²) in [6, 6.07) is 14.3. The fraction of sp³-hybridized carbons (Fsp3) is 0.276. The molecule has 0 aliphatic carbocycles. The van der Waals surface area contributed by atoms with Crippen molar-refractivity contribution >= 4 is 34.4 Å². The first-order valence-electron chi connectivity index (χ1n) is 12.4. The molecule has 4 heterocycles. The van der Waals surface area contributed by atoms with Gasteiger partial charge in [-0.05, 0) is 53.8 Å². The summed E-state index contributed by atoms with van der Waals surface area (Å²) in [5.41, 5.74) is 2.99. The number of amides is 2. The van der Waals surface area contributed by atoms with Crippen LogP contribution in [0.1, 0.15) is 35.3 Å². The zero-order chi connectivity index (χ0) is 27.0. The Bertz CT molecular complexity index is 1590. The molecule has 2 amide bonds. The Labute approximate surface area is 225 Å². The second kappa shape index (κ2) is 10.0. The molecule has 0 spiro atoms. The largest absolute Gasteiger partial charge is 0.348 e. The molecule has 194 valence electrons. The van der Waals surface area contributed by atoms with Crippen LogP contribution < -0.4 is 10.9 Å². The van der Waals surface area contributed by atoms with Gasteiger partial charge in [0.05, 0.1) is 5.69 Å². The number of nitrogens with zero attached hydrogens (tertiary/aromatic N) is 4. The minimum Gasteiger partial charge on any atom is -0.348 e. The summed E-state index contributed by atoms with van der Waals surface area (Å²) in [6.07, 6.45) is 3.35. The molecule has 1 aliphatic rings. The summed E-state index contributed by atoms with van der Waals surface area (Å²) in [4.78, 5) is 50.7. The van der Waals surface area contributed by atoms with Crippen molar-refractivity contribution in [3.8, 4) is 11.3 Å². The number of aryl methyl sites for hydroxylation is 1. The molecule has 1 fully saturated rings. The monoisotopic (exact) mass is 529 g/mol. The van der Waals surface area contributed by atoms with Gasteiger partial charge in [-0.15, -0.1) is 0 Å². The smallest absolute Gasteiger partial charge is 0.265 e. The minimum absolute atomic E-state index is 0.0502. The average molecular weight is 530 g/mol. The van der Waals surface area contributed by atoms with Gasteiger partial charge < -0.3 is 10.2 Å². The van der Waals surface area contributed by atoms with E-state index in [1.165, 1.54) is 4.57 Å². The first-order chi connectivity index (χ1) is 18.1. The molecule has 0 bridgehead atoms. The van der Waals surface area contributed by atoms with Gasteiger partial charge in [-0.2, -0.15) is 0 Å². The molecular formula is C29H28ClN5O3. The Hall–Kier alpha value is -4.04. The van der Waals surface area contributed by atoms with Crippen molar-refractivity contribution in [1.82, 2.24) is 24.8 Å². The average Bonchev–Trinajstić information content (AvgIpc) is 2.88. The van der Waals surface area contributed by atoms with Crippen LogP contribution in [-0.2, 0) is 17.9 Å². The van der Waals surface area contributed by atoms with E-state index >= 15 is 0 Å². The molecule has 38 heavy (non-hydrogen) atoms. The predicted octanol–water partition coefficient (Wildman–Crippen LogP) is 4.22. The molecule has 0 radical (unpaired) electrons. The lowest BCUT2D eigenvalue weighted by Gasteiger charge is -2.45. The molecule has 1 aliphatic heterocycles. The first kappa shape index (κ1) is 25.6. The highest BCUT2D eigenvalue weighted by Crippen LogP contribution is 2.30. The van der Waals surface area contributed by atoms with E-state index in [2.05, 4.69) is 29.1 Å². The van der Waals surface area contributed by atoms with E-state index in [0.29, 0.717) is 40.4 Å². The van der Waals surface area contributed by atoms with Gasteiger partial charge in [-0.25, -0.2) is 4.98 Å². The third kappa shape index (κ3) is 5.17. The SMILES string of the molecule is Cc1ccc(-c2ccnc3c2cc(C(=O)NCc2ccc(Cl)cc2)c(=O)n3CC(=O)N2CC(C)(C)C2)nc1. The summed E-state index contributed by atoms with van der Waals surface area (Å²) in [5.74, 6) is -0.725. The number of nitrogens with one attached hydrogen (secondary N) is 1. The highest BCUT2D eigenvalue weighted by atomic mass is 35.5. The third-order valence-corrected chi connectivity index (χ3v) is 6.92. The number of fused-ring (bicyclic) bond motifs is 1. The van der Waals surface area contributed by atoms with E-state index in [0.717, 1.165) is 11.1 Å². The standard InChI is InChI=1S/C29H28ClN5O3/c1-18-4-9-24(32-13-18)21-10-11-31-26-22(21)12-23(27(37)33-14-19-5-7-20(30)8-6-19)28(38)35(26)15-25(36)34-16-29(2,3)17-34/h4-13H,14-17H2,1-3H3,(H,33,37). The van der Waals surface area contributed by atoms with Crippen LogP contribution in [0.2, 0.25) is 5.02 Å². The van der Waals surface area contributed by atoms with E-state index in [1.54, 1.807) is 53.7 Å². The van der Waals surface area contributed by atoms with Crippen LogP contribution in [0.4, 0.5) is 0 Å². The third-order valence-electron chi connectivity index (χ3n) is 6.67. The van der Waals surface area contributed by atoms with Crippen molar-refractivity contribution in [2.75, 3.05) is 13.1 Å². The van der Waals surface area contributed by atoms with Crippen LogP contribution in [0, 0.1) is 12.3 Å². The molecule has 9 heteroatoms. The van der Waals surface area contributed by atoms with E-state index in [-0.39, 0.29) is 30.0 Å². The zero-order valence-electron chi connectivity index (χ0n) is 21.5. The van der Waals surface area contributed by atoms with Crippen molar-refractivity contribution in [2.24, 2.45) is 5.41 Å². The lowest BCUT2D eigenvalue weighted by molar-refractivity contribution is -0.142. The Morgan fingerprint density at radius 3 is 2.45 bits per heavy atom. The van der Waals surface area contributed by atoms with Gasteiger partial charge in [0.2, 0.25) is 5.91 Å². The molecule has 4 aromatic rings. The zero-order valence-corrected chi connectivity index (χ0v) is 22.2. The second-order valence-corrected chi connectivity index (χ2v) is 10.9. The van der Waals surface area contributed by atoms with E-state index < -0.39 is 11.5 Å². The van der Waals surface area contributed by atoms with Crippen LogP contribution >= 0.6 is 11.6 Å². The molecular weight excluding hydrogens is 502 g/mol. The summed E-state index contributed by atoms with van der Waals surface area (Å²) in [5, 5.41) is 3.98. The van der Waals surface area contributed by atoms with Crippen molar-refractivity contribution in [1.29, 1.82) is 0 Å². The molecule has 0 unspecified atom stereocenters. The van der Waals surface area contributed by atoms with Gasteiger partial charge in [0, 0.05) is 48.0 Å². The van der Waals surface area contributed by atoms with Gasteiger partial charge in [0.15, 0.2) is 0 Å². The van der Waals surface area contributed by atoms with Crippen molar-refractivity contribution in [3.63, 3.8) is 0 Å². The Kier molecular flexibility index (Phi) is 6.75. The van der Waals surface area contributed by atoms with Gasteiger partial charge in [0.25, 0.3) is 11.5 Å². The summed E-state index contributed by atoms with van der Waals surface area (Å²) >= 11 is 5.96. The number of hydrogen-bond donors (Lipinski definition) is 1. The van der Waals surface area contributed by atoms with Gasteiger partial charge in [-0.1, -0.05) is 43.6 Å². The number of halogens is 1. The minimum atomic E-state index is -0.569. The summed E-state index contributed by atoms with van der Waals surface area (Å²) in [7, 11) is 0. The number of benzene rings is 1. The first-order valence-corrected chi connectivity index (χ1v) is 12.8. The van der Waals surface area contributed by atoms with E-state index in [1.807, 2.05) is 19.1 Å². The normalized spacial score (nSPS) is 14.3. The van der Waals surface area contributed by atoms with Crippen molar-refractivity contribution in [3.05, 3.63) is 93.0 Å². The van der Waals surface area contributed by atoms with Gasteiger partial charge >= 0.3 is 0 Å². The van der Waals surface area contributed by atoms with Crippen molar-refractivity contribution in [2.45, 2.75) is 33.9 Å². The van der Waals surface area contributed by atoms with Crippen molar-refractivity contribution < 1.29 is 9.59 Å². The number of carbonyl (C=O) groups excluding carboxylic acids is 2. The molecule has 3 aromatic heterocycles. The number of rotatable bonds is 6. The van der Waals surface area contributed by atoms with E-state index in [4.69, 9.17) is 11.6 Å². The highest BCUT2D eigenvalue weighted by Gasteiger charge is 2.37. The van der Waals surface area contributed by atoms with Crippen LogP contribution in [0.5, 0.6) is 0 Å². The number of likely N-dealkylation sites (tertiary alicyclic amines) is 1. The summed E-state index contributed by atoms with van der Waals surface area (Å²) < 4.78 is 1.30. The Morgan fingerprint density at radius 2 is 1.79 bits per heavy atom. The maximum absolute atomic E-state index is 13.6.